The number of hydrogen-bond donors (Lipinski definition) is 1. The van der Waals surface area contributed by atoms with Crippen molar-refractivity contribution in [2.45, 2.75) is 12.5 Å². The van der Waals surface area contributed by atoms with Crippen LogP contribution in [0.3, 0.4) is 0 Å². The number of methoxy groups -OCH3 is 1. The molecule has 0 bridgehead atoms. The summed E-state index contributed by atoms with van der Waals surface area (Å²) in [5, 5.41) is 0.754. The highest BCUT2D eigenvalue weighted by Gasteiger charge is 2.16. The average molecular weight is 326 g/mol. The van der Waals surface area contributed by atoms with E-state index < -0.39 is 0 Å². The maximum absolute atomic E-state index is 12.8. The summed E-state index contributed by atoms with van der Waals surface area (Å²) in [5.74, 6) is 0. The average Bonchev–Trinajstić information content (AvgIpc) is 2.96. The fourth-order valence-corrected chi connectivity index (χ4v) is 3.76. The lowest BCUT2D eigenvalue weighted by atomic mass is 10.1. The molecule has 0 saturated carbocycles. The van der Waals surface area contributed by atoms with Crippen molar-refractivity contribution in [1.29, 1.82) is 0 Å². The Bertz CT molecular complexity index is 1030. The third-order valence-electron chi connectivity index (χ3n) is 3.94. The molecule has 3 aromatic heterocycles. The van der Waals surface area contributed by atoms with Gasteiger partial charge in [-0.05, 0) is 18.6 Å². The van der Waals surface area contributed by atoms with Gasteiger partial charge in [-0.25, -0.2) is 9.97 Å². The molecule has 6 nitrogen and oxygen atoms in total. The van der Waals surface area contributed by atoms with Crippen LogP contribution in [0, 0.1) is 0 Å². The first kappa shape index (κ1) is 14.1. The molecule has 23 heavy (non-hydrogen) atoms. The molecule has 1 atom stereocenters. The molecule has 0 saturated heterocycles. The van der Waals surface area contributed by atoms with Crippen LogP contribution in [0.25, 0.3) is 26.1 Å². The van der Waals surface area contributed by atoms with Crippen molar-refractivity contribution >= 4 is 43.2 Å². The number of thiophene rings is 1. The van der Waals surface area contributed by atoms with Gasteiger partial charge in [-0.1, -0.05) is 12.2 Å². The van der Waals surface area contributed by atoms with Gasteiger partial charge < -0.3 is 10.5 Å². The van der Waals surface area contributed by atoms with Gasteiger partial charge in [0.15, 0.2) is 0 Å². The summed E-state index contributed by atoms with van der Waals surface area (Å²) in [6.45, 7) is 0. The molecule has 0 spiro atoms. The van der Waals surface area contributed by atoms with Crippen molar-refractivity contribution in [3.8, 4) is 0 Å². The molecule has 7 heteroatoms. The Morgan fingerprint density at radius 3 is 3.04 bits per heavy atom. The first-order valence-electron chi connectivity index (χ1n) is 7.15. The van der Waals surface area contributed by atoms with Crippen LogP contribution in [-0.4, -0.2) is 27.7 Å². The lowest BCUT2D eigenvalue weighted by Gasteiger charge is -2.15. The molecule has 0 amide bonds. The Morgan fingerprint density at radius 1 is 1.43 bits per heavy atom. The van der Waals surface area contributed by atoms with Crippen molar-refractivity contribution in [2.24, 2.45) is 0 Å². The molecule has 0 aromatic carbocycles. The van der Waals surface area contributed by atoms with Crippen LogP contribution in [0.1, 0.15) is 6.42 Å². The van der Waals surface area contributed by atoms with Gasteiger partial charge in [-0.15, -0.1) is 11.3 Å². The van der Waals surface area contributed by atoms with E-state index in [2.05, 4.69) is 9.97 Å². The smallest absolute Gasteiger partial charge is 0.275 e. The Morgan fingerprint density at radius 2 is 2.30 bits per heavy atom. The van der Waals surface area contributed by atoms with E-state index in [0.717, 1.165) is 22.3 Å². The zero-order valence-corrected chi connectivity index (χ0v) is 13.2. The molecule has 0 radical (unpaired) electrons. The quantitative estimate of drug-likeness (QED) is 0.782. The second kappa shape index (κ2) is 5.29. The van der Waals surface area contributed by atoms with E-state index >= 15 is 0 Å². The van der Waals surface area contributed by atoms with E-state index in [1.807, 2.05) is 18.2 Å². The number of anilines is 1. The largest absolute Gasteiger partial charge is 0.398 e. The summed E-state index contributed by atoms with van der Waals surface area (Å²) in [5.41, 5.74) is 7.91. The summed E-state index contributed by atoms with van der Waals surface area (Å²) in [7, 11) is 1.67. The summed E-state index contributed by atoms with van der Waals surface area (Å²) < 4.78 is 7.39. The molecule has 4 rings (SSSR count). The van der Waals surface area contributed by atoms with Gasteiger partial charge in [0.05, 0.1) is 17.0 Å². The third-order valence-corrected chi connectivity index (χ3v) is 5.01. The minimum Gasteiger partial charge on any atom is -0.398 e. The summed E-state index contributed by atoms with van der Waals surface area (Å²) in [6, 6.07) is 1.72. The maximum atomic E-state index is 12.8. The molecule has 3 heterocycles. The van der Waals surface area contributed by atoms with E-state index in [0.29, 0.717) is 15.9 Å². The lowest BCUT2D eigenvalue weighted by Crippen LogP contribution is -2.20. The van der Waals surface area contributed by atoms with Crippen molar-refractivity contribution in [2.75, 3.05) is 12.8 Å². The lowest BCUT2D eigenvalue weighted by molar-refractivity contribution is 0.143. The van der Waals surface area contributed by atoms with Crippen molar-refractivity contribution in [3.63, 3.8) is 0 Å². The van der Waals surface area contributed by atoms with E-state index in [1.54, 1.807) is 30.3 Å². The number of fused-ring (bicyclic) bond motifs is 3. The number of allylic oxidation sites excluding steroid dienone is 2. The van der Waals surface area contributed by atoms with Crippen LogP contribution in [0.4, 0.5) is 5.69 Å². The van der Waals surface area contributed by atoms with Crippen molar-refractivity contribution < 1.29 is 4.74 Å². The monoisotopic (exact) mass is 326 g/mol. The third kappa shape index (κ3) is 2.16. The molecule has 1 aliphatic carbocycles. The minimum atomic E-state index is -0.107. The first-order chi connectivity index (χ1) is 11.2. The molecule has 0 aliphatic heterocycles. The Balaban J connectivity index is 1.91. The second-order valence-corrected chi connectivity index (χ2v) is 6.28. The van der Waals surface area contributed by atoms with Gasteiger partial charge in [0, 0.05) is 24.7 Å². The Labute approximate surface area is 135 Å². The van der Waals surface area contributed by atoms with E-state index in [9.17, 15) is 4.79 Å². The number of hydrogen-bond acceptors (Lipinski definition) is 6. The van der Waals surface area contributed by atoms with Crippen LogP contribution >= 0.6 is 11.3 Å². The van der Waals surface area contributed by atoms with Crippen LogP contribution < -0.4 is 11.3 Å². The van der Waals surface area contributed by atoms with Gasteiger partial charge in [-0.3, -0.25) is 9.36 Å². The van der Waals surface area contributed by atoms with Gasteiger partial charge in [0.2, 0.25) is 0 Å². The first-order valence-corrected chi connectivity index (χ1v) is 7.96. The number of nitrogens with two attached hydrogens (primary N) is 1. The number of ether oxygens (including phenoxy) is 1. The number of aromatic nitrogens is 3. The van der Waals surface area contributed by atoms with Crippen LogP contribution in [-0.2, 0) is 4.74 Å². The molecular weight excluding hydrogens is 312 g/mol. The Kier molecular flexibility index (Phi) is 3.24. The Hall–Kier alpha value is -2.51. The molecule has 1 unspecified atom stereocenters. The molecule has 3 aromatic rings. The van der Waals surface area contributed by atoms with Crippen LogP contribution in [0.5, 0.6) is 0 Å². The van der Waals surface area contributed by atoms with E-state index in [-0.39, 0.29) is 11.7 Å². The second-order valence-electron chi connectivity index (χ2n) is 5.28. The summed E-state index contributed by atoms with van der Waals surface area (Å²) in [6.07, 6.45) is 9.77. The van der Waals surface area contributed by atoms with Crippen molar-refractivity contribution in [3.05, 3.63) is 47.2 Å². The minimum absolute atomic E-state index is 0.0551. The van der Waals surface area contributed by atoms with Crippen LogP contribution in [0.2, 0.25) is 0 Å². The summed E-state index contributed by atoms with van der Waals surface area (Å²) in [4.78, 5) is 22.3. The van der Waals surface area contributed by atoms with Gasteiger partial charge >= 0.3 is 0 Å². The van der Waals surface area contributed by atoms with Crippen molar-refractivity contribution in [1.82, 2.24) is 14.5 Å². The molecule has 116 valence electrons. The number of nitrogens with zero attached hydrogens (tertiary/aromatic N) is 3. The number of rotatable bonds is 2. The normalized spacial score (nSPS) is 17.8. The van der Waals surface area contributed by atoms with Crippen LogP contribution in [0.15, 0.2) is 41.6 Å². The van der Waals surface area contributed by atoms with E-state index in [4.69, 9.17) is 10.5 Å². The standard InChI is InChI=1S/C16H14N4O2S/c1-22-10-4-2-9(3-5-10)20-8-19-13-12-11(17)6-7-18-15(12)23-14(13)16(20)21/h2-4,6-8,10H,5H2,1H3,(H2,17,18). The molecule has 1 aliphatic rings. The van der Waals surface area contributed by atoms with Gasteiger partial charge in [-0.2, -0.15) is 0 Å². The fraction of sp³-hybridized carbons (Fsp3) is 0.188. The number of pyridine rings is 1. The topological polar surface area (TPSA) is 83.0 Å². The molecule has 0 fully saturated rings. The van der Waals surface area contributed by atoms with E-state index in [1.165, 1.54) is 11.3 Å². The highest BCUT2D eigenvalue weighted by atomic mass is 32.1. The zero-order valence-electron chi connectivity index (χ0n) is 12.4. The highest BCUT2D eigenvalue weighted by Crippen LogP contribution is 2.32. The fourth-order valence-electron chi connectivity index (χ4n) is 2.70. The zero-order chi connectivity index (χ0) is 16.0. The maximum Gasteiger partial charge on any atom is 0.275 e. The number of nitrogen functional groups attached to an aromatic ring is 1. The molecular formula is C16H14N4O2S. The predicted octanol–water partition coefficient (Wildman–Crippen LogP) is 2.40. The predicted molar refractivity (Wildman–Crippen MR) is 92.4 cm³/mol. The van der Waals surface area contributed by atoms with Gasteiger partial charge in [0.25, 0.3) is 5.56 Å². The highest BCUT2D eigenvalue weighted by molar-refractivity contribution is 7.25. The summed E-state index contributed by atoms with van der Waals surface area (Å²) >= 11 is 1.32. The SMILES string of the molecule is COC1C=CC(n2cnc3c(sc4nccc(N)c43)c2=O)=CC1. The molecule has 2 N–H and O–H groups in total. The van der Waals surface area contributed by atoms with Gasteiger partial charge in [0.1, 0.15) is 15.9 Å².